The summed E-state index contributed by atoms with van der Waals surface area (Å²) in [5.74, 6) is 0. The SMILES string of the molecule is c1ccc(-c2ccc3c(c2)sc2cc(-c4ccccc4)cc(N(c4ccc5c(c4)oc4ccccc45)c4ccc(-c5ccccc5)c5sc6cc(-c7ccccc7)ccc6c45)c23)cc1. The van der Waals surface area contributed by atoms with Crippen LogP contribution in [-0.4, -0.2) is 0 Å². The normalized spacial score (nSPS) is 11.8. The molecule has 0 amide bonds. The lowest BCUT2D eigenvalue weighted by molar-refractivity contribution is 0.669. The Balaban J connectivity index is 1.15. The van der Waals surface area contributed by atoms with Crippen LogP contribution in [0.4, 0.5) is 17.1 Å². The molecule has 10 aromatic carbocycles. The predicted octanol–water partition coefficient (Wildman–Crippen LogP) is 18.5. The Bertz CT molecular complexity index is 3890. The highest BCUT2D eigenvalue weighted by Gasteiger charge is 2.26. The van der Waals surface area contributed by atoms with Crippen molar-refractivity contribution in [2.75, 3.05) is 4.90 Å². The van der Waals surface area contributed by atoms with Gasteiger partial charge in [-0.1, -0.05) is 170 Å². The van der Waals surface area contributed by atoms with Gasteiger partial charge in [-0.05, 0) is 93.0 Å². The largest absolute Gasteiger partial charge is 0.456 e. The molecule has 300 valence electrons. The molecule has 0 spiro atoms. The molecule has 64 heavy (non-hydrogen) atoms. The van der Waals surface area contributed by atoms with E-state index in [1.165, 1.54) is 84.9 Å². The van der Waals surface area contributed by atoms with Gasteiger partial charge in [0.25, 0.3) is 0 Å². The smallest absolute Gasteiger partial charge is 0.137 e. The zero-order valence-corrected chi connectivity index (χ0v) is 36.2. The Morgan fingerprint density at radius 2 is 0.844 bits per heavy atom. The van der Waals surface area contributed by atoms with Crippen LogP contribution >= 0.6 is 22.7 Å². The van der Waals surface area contributed by atoms with Crippen molar-refractivity contribution in [1.29, 1.82) is 0 Å². The van der Waals surface area contributed by atoms with Crippen molar-refractivity contribution >= 4 is 102 Å². The fraction of sp³-hybridized carbons (Fsp3) is 0. The Kier molecular flexibility index (Phi) is 8.61. The average Bonchev–Trinajstić information content (AvgIpc) is 4.06. The summed E-state index contributed by atoms with van der Waals surface area (Å²) >= 11 is 3.75. The van der Waals surface area contributed by atoms with E-state index in [9.17, 15) is 0 Å². The summed E-state index contributed by atoms with van der Waals surface area (Å²) in [6, 6.07) is 81.7. The monoisotopic (exact) mass is 851 g/mol. The van der Waals surface area contributed by atoms with Crippen molar-refractivity contribution in [3.8, 4) is 44.5 Å². The summed E-state index contributed by atoms with van der Waals surface area (Å²) in [6.07, 6.45) is 0. The molecule has 0 radical (unpaired) electrons. The first-order chi connectivity index (χ1) is 31.7. The van der Waals surface area contributed by atoms with E-state index in [1.807, 2.05) is 28.7 Å². The van der Waals surface area contributed by atoms with Crippen LogP contribution < -0.4 is 4.90 Å². The van der Waals surface area contributed by atoms with Gasteiger partial charge in [0.2, 0.25) is 0 Å². The van der Waals surface area contributed by atoms with E-state index in [-0.39, 0.29) is 0 Å². The fourth-order valence-corrected chi connectivity index (χ4v) is 12.1. The first kappa shape index (κ1) is 36.9. The number of rotatable bonds is 7. The Morgan fingerprint density at radius 3 is 1.52 bits per heavy atom. The third-order valence-electron chi connectivity index (χ3n) is 12.7. The van der Waals surface area contributed by atoms with Gasteiger partial charge in [0.15, 0.2) is 0 Å². The van der Waals surface area contributed by atoms with Crippen molar-refractivity contribution in [2.24, 2.45) is 0 Å². The lowest BCUT2D eigenvalue weighted by Crippen LogP contribution is -2.11. The van der Waals surface area contributed by atoms with Crippen LogP contribution in [0.1, 0.15) is 0 Å². The van der Waals surface area contributed by atoms with Gasteiger partial charge in [0.05, 0.1) is 11.4 Å². The van der Waals surface area contributed by atoms with E-state index in [0.29, 0.717) is 0 Å². The second-order valence-electron chi connectivity index (χ2n) is 16.4. The molecule has 0 aliphatic carbocycles. The van der Waals surface area contributed by atoms with Crippen molar-refractivity contribution in [1.82, 2.24) is 0 Å². The maximum atomic E-state index is 6.66. The number of hydrogen-bond donors (Lipinski definition) is 0. The third-order valence-corrected chi connectivity index (χ3v) is 14.9. The number of anilines is 3. The Labute approximate surface area is 378 Å². The van der Waals surface area contributed by atoms with Gasteiger partial charge in [0.1, 0.15) is 11.2 Å². The zero-order valence-electron chi connectivity index (χ0n) is 34.5. The molecule has 0 aliphatic rings. The van der Waals surface area contributed by atoms with Gasteiger partial charge in [-0.3, -0.25) is 0 Å². The number of hydrogen-bond acceptors (Lipinski definition) is 4. The van der Waals surface area contributed by atoms with E-state index in [2.05, 4.69) is 223 Å². The summed E-state index contributed by atoms with van der Waals surface area (Å²) in [4.78, 5) is 2.52. The van der Waals surface area contributed by atoms with Gasteiger partial charge in [0, 0.05) is 62.9 Å². The quantitative estimate of drug-likeness (QED) is 0.159. The van der Waals surface area contributed by atoms with Crippen LogP contribution in [0.15, 0.2) is 229 Å². The van der Waals surface area contributed by atoms with Crippen molar-refractivity contribution in [2.45, 2.75) is 0 Å². The van der Waals surface area contributed by atoms with Gasteiger partial charge in [-0.15, -0.1) is 22.7 Å². The molecule has 0 bridgehead atoms. The molecule has 0 saturated carbocycles. The molecule has 13 rings (SSSR count). The van der Waals surface area contributed by atoms with Gasteiger partial charge < -0.3 is 9.32 Å². The van der Waals surface area contributed by atoms with Crippen LogP contribution in [-0.2, 0) is 0 Å². The second kappa shape index (κ2) is 15.0. The van der Waals surface area contributed by atoms with Gasteiger partial charge in [-0.2, -0.15) is 0 Å². The number of benzene rings is 10. The highest BCUT2D eigenvalue weighted by atomic mass is 32.1. The molecule has 4 heteroatoms. The van der Waals surface area contributed by atoms with Crippen LogP contribution in [0.2, 0.25) is 0 Å². The standard InChI is InChI=1S/C60H37NOS2/c1-5-15-38(16-6-1)42-25-28-49-55(34-42)63-57-36-44(40-19-9-3-10-20-40)33-52(58(49)57)61(45-27-30-48-47-23-13-14-24-53(47)62-54(48)37-45)51-32-31-46(41-21-11-4-12-22-41)60-59(51)50-29-26-43(35-56(50)64-60)39-17-7-2-8-18-39/h1-37H. The maximum Gasteiger partial charge on any atom is 0.137 e. The Hall–Kier alpha value is -7.76. The summed E-state index contributed by atoms with van der Waals surface area (Å²) in [5.41, 5.74) is 14.7. The first-order valence-corrected chi connectivity index (χ1v) is 23.3. The van der Waals surface area contributed by atoms with Crippen LogP contribution in [0.5, 0.6) is 0 Å². The molecule has 3 heterocycles. The molecule has 0 atom stereocenters. The first-order valence-electron chi connectivity index (χ1n) is 21.6. The minimum absolute atomic E-state index is 0.863. The van der Waals surface area contributed by atoms with Crippen LogP contribution in [0.25, 0.3) is 107 Å². The molecule has 0 unspecified atom stereocenters. The molecule has 0 N–H and O–H groups in total. The minimum Gasteiger partial charge on any atom is -0.456 e. The highest BCUT2D eigenvalue weighted by Crippen LogP contribution is 2.53. The summed E-state index contributed by atoms with van der Waals surface area (Å²) < 4.78 is 11.7. The lowest BCUT2D eigenvalue weighted by atomic mass is 9.97. The van der Waals surface area contributed by atoms with Crippen molar-refractivity contribution in [3.63, 3.8) is 0 Å². The molecule has 3 aromatic heterocycles. The number of fused-ring (bicyclic) bond motifs is 9. The molecule has 2 nitrogen and oxygen atoms in total. The second-order valence-corrected chi connectivity index (χ2v) is 18.5. The van der Waals surface area contributed by atoms with E-state index >= 15 is 0 Å². The number of nitrogens with zero attached hydrogens (tertiary/aromatic N) is 1. The zero-order chi connectivity index (χ0) is 42.1. The molecular formula is C60H37NOS2. The molecule has 0 aliphatic heterocycles. The van der Waals surface area contributed by atoms with Gasteiger partial charge in [-0.25, -0.2) is 0 Å². The molecular weight excluding hydrogens is 815 g/mol. The van der Waals surface area contributed by atoms with E-state index < -0.39 is 0 Å². The van der Waals surface area contributed by atoms with Crippen LogP contribution in [0, 0.1) is 0 Å². The van der Waals surface area contributed by atoms with Gasteiger partial charge >= 0.3 is 0 Å². The van der Waals surface area contributed by atoms with E-state index in [4.69, 9.17) is 4.42 Å². The lowest BCUT2D eigenvalue weighted by Gasteiger charge is -2.28. The highest BCUT2D eigenvalue weighted by molar-refractivity contribution is 7.26. The molecule has 0 saturated heterocycles. The summed E-state index contributed by atoms with van der Waals surface area (Å²) in [6.45, 7) is 0. The maximum absolute atomic E-state index is 6.66. The number of furan rings is 1. The van der Waals surface area contributed by atoms with Crippen molar-refractivity contribution in [3.05, 3.63) is 224 Å². The molecule has 0 fully saturated rings. The minimum atomic E-state index is 0.863. The van der Waals surface area contributed by atoms with Crippen molar-refractivity contribution < 1.29 is 4.42 Å². The topological polar surface area (TPSA) is 16.4 Å². The fourth-order valence-electron chi connectivity index (χ4n) is 9.63. The summed E-state index contributed by atoms with van der Waals surface area (Å²) in [5, 5.41) is 7.17. The Morgan fingerprint density at radius 1 is 0.312 bits per heavy atom. The van der Waals surface area contributed by atoms with E-state index in [1.54, 1.807) is 0 Å². The van der Waals surface area contributed by atoms with E-state index in [0.717, 1.165) is 39.0 Å². The van der Waals surface area contributed by atoms with Crippen LogP contribution in [0.3, 0.4) is 0 Å². The number of para-hydroxylation sites is 1. The molecule has 13 aromatic rings. The number of thiophene rings is 2. The average molecular weight is 852 g/mol. The predicted molar refractivity (Wildman–Crippen MR) is 276 cm³/mol. The third kappa shape index (κ3) is 6.06. The summed E-state index contributed by atoms with van der Waals surface area (Å²) in [7, 11) is 0.